The lowest BCUT2D eigenvalue weighted by Gasteiger charge is -2.13. The number of aromatic nitrogens is 2. The summed E-state index contributed by atoms with van der Waals surface area (Å²) in [6.45, 7) is 4.67. The Morgan fingerprint density at radius 1 is 1.23 bits per heavy atom. The summed E-state index contributed by atoms with van der Waals surface area (Å²) >= 11 is 0. The third kappa shape index (κ3) is 3.86. The van der Waals surface area contributed by atoms with Gasteiger partial charge in [-0.1, -0.05) is 18.2 Å². The molecule has 0 aliphatic rings. The number of para-hydroxylation sites is 1. The van der Waals surface area contributed by atoms with Gasteiger partial charge >= 0.3 is 0 Å². The Labute approximate surface area is 153 Å². The number of pyridine rings is 1. The van der Waals surface area contributed by atoms with Crippen LogP contribution in [-0.4, -0.2) is 34.3 Å². The van der Waals surface area contributed by atoms with Crippen LogP contribution in [0.3, 0.4) is 0 Å². The lowest BCUT2D eigenvalue weighted by molar-refractivity contribution is -0.114. The number of anilines is 1. The largest absolute Gasteiger partial charge is 0.485 e. The van der Waals surface area contributed by atoms with Crippen molar-refractivity contribution in [1.82, 2.24) is 14.3 Å². The summed E-state index contributed by atoms with van der Waals surface area (Å²) in [7, 11) is 4.08. The topological polar surface area (TPSA) is 58.9 Å². The molecule has 0 fully saturated rings. The minimum absolute atomic E-state index is 0.100. The number of carbonyl (C=O) groups is 1. The van der Waals surface area contributed by atoms with E-state index in [2.05, 4.69) is 14.6 Å². The van der Waals surface area contributed by atoms with Gasteiger partial charge in [-0.25, -0.2) is 4.98 Å². The monoisotopic (exact) mass is 352 g/mol. The van der Waals surface area contributed by atoms with E-state index in [0.29, 0.717) is 6.61 Å². The highest BCUT2D eigenvalue weighted by Gasteiger charge is 2.13. The Hall–Kier alpha value is -2.86. The molecule has 2 heterocycles. The summed E-state index contributed by atoms with van der Waals surface area (Å²) in [5, 5.41) is 2.84. The first-order valence-electron chi connectivity index (χ1n) is 8.55. The van der Waals surface area contributed by atoms with Crippen molar-refractivity contribution in [3.05, 3.63) is 59.5 Å². The summed E-state index contributed by atoms with van der Waals surface area (Å²) in [5.41, 5.74) is 4.63. The summed E-state index contributed by atoms with van der Waals surface area (Å²) in [4.78, 5) is 18.2. The van der Waals surface area contributed by atoms with Crippen LogP contribution in [0.25, 0.3) is 5.65 Å². The molecular formula is C20H24N4O2. The Morgan fingerprint density at radius 2 is 2.00 bits per heavy atom. The van der Waals surface area contributed by atoms with Gasteiger partial charge in [0, 0.05) is 30.9 Å². The van der Waals surface area contributed by atoms with E-state index < -0.39 is 0 Å². The van der Waals surface area contributed by atoms with Crippen LogP contribution < -0.4 is 10.1 Å². The molecule has 136 valence electrons. The Bertz CT molecular complexity index is 931. The van der Waals surface area contributed by atoms with E-state index in [0.717, 1.165) is 40.6 Å². The number of carbonyl (C=O) groups excluding carboxylic acids is 1. The van der Waals surface area contributed by atoms with Crippen LogP contribution >= 0.6 is 0 Å². The molecule has 0 aliphatic carbocycles. The maximum Gasteiger partial charge on any atom is 0.221 e. The third-order valence-electron chi connectivity index (χ3n) is 4.09. The van der Waals surface area contributed by atoms with Gasteiger partial charge in [-0.05, 0) is 39.2 Å². The number of nitrogens with zero attached hydrogens (tertiary/aromatic N) is 3. The van der Waals surface area contributed by atoms with E-state index in [1.54, 1.807) is 0 Å². The fraction of sp³-hybridized carbons (Fsp3) is 0.300. The second-order valence-corrected chi connectivity index (χ2v) is 6.57. The van der Waals surface area contributed by atoms with Gasteiger partial charge < -0.3 is 15.0 Å². The van der Waals surface area contributed by atoms with Crippen LogP contribution in [0.4, 0.5) is 5.69 Å². The van der Waals surface area contributed by atoms with Crippen molar-refractivity contribution in [2.24, 2.45) is 0 Å². The molecular weight excluding hydrogens is 328 g/mol. The third-order valence-corrected chi connectivity index (χ3v) is 4.09. The van der Waals surface area contributed by atoms with Crippen molar-refractivity contribution in [1.29, 1.82) is 0 Å². The standard InChI is InChI=1S/C20H24N4O2/c1-14-18(12-23(3)4)24-11-7-10-19(20(24)21-14)26-13-16-8-5-6-9-17(16)22-15(2)25/h5-11H,12-13H2,1-4H3,(H,22,25). The minimum Gasteiger partial charge on any atom is -0.485 e. The number of imidazole rings is 1. The van der Waals surface area contributed by atoms with Crippen LogP contribution in [0, 0.1) is 6.92 Å². The number of hydrogen-bond acceptors (Lipinski definition) is 4. The molecule has 6 nitrogen and oxygen atoms in total. The molecule has 0 saturated heterocycles. The van der Waals surface area contributed by atoms with Crippen molar-refractivity contribution < 1.29 is 9.53 Å². The predicted molar refractivity (Wildman–Crippen MR) is 102 cm³/mol. The highest BCUT2D eigenvalue weighted by Crippen LogP contribution is 2.25. The molecule has 0 atom stereocenters. The molecule has 1 N–H and O–H groups in total. The highest BCUT2D eigenvalue weighted by atomic mass is 16.5. The second kappa shape index (κ2) is 7.58. The molecule has 26 heavy (non-hydrogen) atoms. The first kappa shape index (κ1) is 17.9. The van der Waals surface area contributed by atoms with Crippen LogP contribution in [0.2, 0.25) is 0 Å². The lowest BCUT2D eigenvalue weighted by Crippen LogP contribution is -2.13. The zero-order valence-corrected chi connectivity index (χ0v) is 15.6. The fourth-order valence-electron chi connectivity index (χ4n) is 2.92. The molecule has 6 heteroatoms. The van der Waals surface area contributed by atoms with Gasteiger partial charge in [-0.2, -0.15) is 0 Å². The van der Waals surface area contributed by atoms with Gasteiger partial charge in [0.05, 0.1) is 11.4 Å². The van der Waals surface area contributed by atoms with Gasteiger partial charge in [0.1, 0.15) is 6.61 Å². The molecule has 3 aromatic rings. The molecule has 0 saturated carbocycles. The molecule has 1 aromatic carbocycles. The van der Waals surface area contributed by atoms with E-state index in [9.17, 15) is 4.79 Å². The SMILES string of the molecule is CC(=O)Nc1ccccc1COc1cccn2c(CN(C)C)c(C)nc12. The number of amides is 1. The van der Waals surface area contributed by atoms with Gasteiger partial charge in [0.15, 0.2) is 11.4 Å². The van der Waals surface area contributed by atoms with Crippen molar-refractivity contribution in [3.63, 3.8) is 0 Å². The van der Waals surface area contributed by atoms with Crippen molar-refractivity contribution in [3.8, 4) is 5.75 Å². The molecule has 0 aliphatic heterocycles. The number of rotatable bonds is 6. The zero-order chi connectivity index (χ0) is 18.7. The molecule has 2 aromatic heterocycles. The number of aryl methyl sites for hydroxylation is 1. The van der Waals surface area contributed by atoms with Gasteiger partial charge in [-0.15, -0.1) is 0 Å². The summed E-state index contributed by atoms with van der Waals surface area (Å²) < 4.78 is 8.13. The number of hydrogen-bond donors (Lipinski definition) is 1. The van der Waals surface area contributed by atoms with Crippen LogP contribution in [-0.2, 0) is 17.9 Å². The van der Waals surface area contributed by atoms with E-state index in [-0.39, 0.29) is 5.91 Å². The average Bonchev–Trinajstić information content (AvgIpc) is 2.89. The highest BCUT2D eigenvalue weighted by molar-refractivity contribution is 5.89. The number of ether oxygens (including phenoxy) is 1. The van der Waals surface area contributed by atoms with Gasteiger partial charge in [0.25, 0.3) is 0 Å². The molecule has 1 amide bonds. The van der Waals surface area contributed by atoms with Crippen molar-refractivity contribution in [2.45, 2.75) is 27.0 Å². The Kier molecular flexibility index (Phi) is 5.23. The normalized spacial score (nSPS) is 11.1. The van der Waals surface area contributed by atoms with E-state index >= 15 is 0 Å². The summed E-state index contributed by atoms with van der Waals surface area (Å²) in [5.74, 6) is 0.620. The number of fused-ring (bicyclic) bond motifs is 1. The summed E-state index contributed by atoms with van der Waals surface area (Å²) in [6.07, 6.45) is 2.01. The lowest BCUT2D eigenvalue weighted by atomic mass is 10.2. The van der Waals surface area contributed by atoms with Crippen LogP contribution in [0.5, 0.6) is 5.75 Å². The molecule has 3 rings (SSSR count). The molecule has 0 unspecified atom stereocenters. The maximum atomic E-state index is 11.4. The average molecular weight is 352 g/mol. The Balaban J connectivity index is 1.88. The first-order chi connectivity index (χ1) is 12.5. The number of benzene rings is 1. The van der Waals surface area contributed by atoms with Gasteiger partial charge in [-0.3, -0.25) is 9.20 Å². The predicted octanol–water partition coefficient (Wildman–Crippen LogP) is 3.24. The van der Waals surface area contributed by atoms with Crippen molar-refractivity contribution >= 4 is 17.2 Å². The molecule has 0 radical (unpaired) electrons. The second-order valence-electron chi connectivity index (χ2n) is 6.57. The van der Waals surface area contributed by atoms with E-state index in [1.807, 2.05) is 63.6 Å². The number of nitrogens with one attached hydrogen (secondary N) is 1. The maximum absolute atomic E-state index is 11.4. The fourth-order valence-corrected chi connectivity index (χ4v) is 2.92. The quantitative estimate of drug-likeness (QED) is 0.740. The molecule has 0 spiro atoms. The van der Waals surface area contributed by atoms with Crippen LogP contribution in [0.15, 0.2) is 42.6 Å². The molecule has 0 bridgehead atoms. The van der Waals surface area contributed by atoms with Gasteiger partial charge in [0.2, 0.25) is 5.91 Å². The zero-order valence-electron chi connectivity index (χ0n) is 15.6. The van der Waals surface area contributed by atoms with E-state index in [1.165, 1.54) is 6.92 Å². The summed E-state index contributed by atoms with van der Waals surface area (Å²) in [6, 6.07) is 11.5. The smallest absolute Gasteiger partial charge is 0.221 e. The Morgan fingerprint density at radius 3 is 2.73 bits per heavy atom. The van der Waals surface area contributed by atoms with E-state index in [4.69, 9.17) is 9.72 Å². The first-order valence-corrected chi connectivity index (χ1v) is 8.55. The van der Waals surface area contributed by atoms with Crippen LogP contribution in [0.1, 0.15) is 23.9 Å². The van der Waals surface area contributed by atoms with Crippen molar-refractivity contribution in [2.75, 3.05) is 19.4 Å². The minimum atomic E-state index is -0.100.